The van der Waals surface area contributed by atoms with E-state index in [0.29, 0.717) is 24.3 Å². The van der Waals surface area contributed by atoms with Crippen molar-refractivity contribution in [1.29, 1.82) is 0 Å². The first-order valence-electron chi connectivity index (χ1n) is 7.52. The summed E-state index contributed by atoms with van der Waals surface area (Å²) in [5.41, 5.74) is 0. The maximum Gasteiger partial charge on any atom is 0.149 e. The molecule has 106 valence electrons. The Morgan fingerprint density at radius 3 is 2.28 bits per heavy atom. The first kappa shape index (κ1) is 15.6. The van der Waals surface area contributed by atoms with Crippen LogP contribution in [0.4, 0.5) is 0 Å². The molecule has 0 amide bonds. The molecule has 1 aliphatic carbocycles. The van der Waals surface area contributed by atoms with Crippen molar-refractivity contribution in [3.8, 4) is 0 Å². The van der Waals surface area contributed by atoms with Gasteiger partial charge in [0.25, 0.3) is 0 Å². The molecular formula is C15H30N2O. The van der Waals surface area contributed by atoms with Crippen LogP contribution in [0.25, 0.3) is 0 Å². The smallest absolute Gasteiger partial charge is 0.149 e. The highest BCUT2D eigenvalue weighted by atomic mass is 16.1. The molecule has 2 N–H and O–H groups in total. The summed E-state index contributed by atoms with van der Waals surface area (Å²) in [7, 11) is 2.05. The number of ketones is 1. The van der Waals surface area contributed by atoms with Crippen LogP contribution in [0, 0.1) is 5.92 Å². The first-order valence-corrected chi connectivity index (χ1v) is 7.52. The highest BCUT2D eigenvalue weighted by Gasteiger charge is 2.25. The molecule has 0 saturated heterocycles. The van der Waals surface area contributed by atoms with Crippen molar-refractivity contribution in [3.63, 3.8) is 0 Å². The molecule has 1 unspecified atom stereocenters. The van der Waals surface area contributed by atoms with Crippen LogP contribution in [-0.2, 0) is 4.79 Å². The van der Waals surface area contributed by atoms with Gasteiger partial charge >= 0.3 is 0 Å². The van der Waals surface area contributed by atoms with Gasteiger partial charge < -0.3 is 10.6 Å². The molecule has 1 fully saturated rings. The highest BCUT2D eigenvalue weighted by molar-refractivity contribution is 5.83. The van der Waals surface area contributed by atoms with Gasteiger partial charge in [-0.1, -0.05) is 20.8 Å². The second-order valence-electron chi connectivity index (χ2n) is 5.94. The molecule has 3 nitrogen and oxygen atoms in total. The number of Topliss-reactive ketones (excluding diaryl/α,β-unsaturated/α-hetero) is 1. The van der Waals surface area contributed by atoms with Gasteiger partial charge in [0.15, 0.2) is 0 Å². The van der Waals surface area contributed by atoms with E-state index < -0.39 is 0 Å². The van der Waals surface area contributed by atoms with E-state index >= 15 is 0 Å². The average molecular weight is 254 g/mol. The Bertz CT molecular complexity index is 245. The largest absolute Gasteiger partial charge is 0.317 e. The molecule has 0 heterocycles. The number of hydrogen-bond donors (Lipinski definition) is 2. The molecule has 1 rings (SSSR count). The molecule has 0 radical (unpaired) electrons. The molecule has 0 aromatic rings. The van der Waals surface area contributed by atoms with Gasteiger partial charge in [0, 0.05) is 18.5 Å². The van der Waals surface area contributed by atoms with Crippen molar-refractivity contribution in [3.05, 3.63) is 0 Å². The monoisotopic (exact) mass is 254 g/mol. The normalized spacial score (nSPS) is 26.3. The molecule has 0 aromatic carbocycles. The van der Waals surface area contributed by atoms with Crippen LogP contribution in [0.1, 0.15) is 59.3 Å². The number of nitrogens with one attached hydrogen (secondary N) is 2. The van der Waals surface area contributed by atoms with E-state index in [1.165, 1.54) is 25.7 Å². The van der Waals surface area contributed by atoms with Crippen LogP contribution >= 0.6 is 0 Å². The average Bonchev–Trinajstić information content (AvgIpc) is 2.37. The summed E-state index contributed by atoms with van der Waals surface area (Å²) in [4.78, 5) is 12.0. The van der Waals surface area contributed by atoms with Gasteiger partial charge in [-0.2, -0.15) is 0 Å². The molecule has 0 spiro atoms. The minimum absolute atomic E-state index is 0.0751. The number of hydrogen-bond acceptors (Lipinski definition) is 3. The minimum Gasteiger partial charge on any atom is -0.317 e. The summed E-state index contributed by atoms with van der Waals surface area (Å²) < 4.78 is 0. The lowest BCUT2D eigenvalue weighted by molar-refractivity contribution is -0.121. The van der Waals surface area contributed by atoms with E-state index in [-0.39, 0.29) is 6.04 Å². The van der Waals surface area contributed by atoms with Crippen molar-refractivity contribution in [2.75, 3.05) is 7.05 Å². The SMILES string of the molecule is CCC(=O)C(CC1CCC(NC)CC1)NC(C)C. The lowest BCUT2D eigenvalue weighted by atomic mass is 9.81. The van der Waals surface area contributed by atoms with Crippen LogP contribution in [0.3, 0.4) is 0 Å². The third kappa shape index (κ3) is 5.07. The van der Waals surface area contributed by atoms with E-state index in [2.05, 4.69) is 31.5 Å². The van der Waals surface area contributed by atoms with Crippen LogP contribution < -0.4 is 10.6 Å². The molecule has 1 atom stereocenters. The second kappa shape index (κ2) is 7.90. The zero-order valence-electron chi connectivity index (χ0n) is 12.5. The number of carbonyl (C=O) groups is 1. The van der Waals surface area contributed by atoms with Gasteiger partial charge in [0.2, 0.25) is 0 Å². The lowest BCUT2D eigenvalue weighted by Gasteiger charge is -2.31. The number of carbonyl (C=O) groups excluding carboxylic acids is 1. The first-order chi connectivity index (χ1) is 8.56. The molecule has 0 aliphatic heterocycles. The lowest BCUT2D eigenvalue weighted by Crippen LogP contribution is -2.42. The van der Waals surface area contributed by atoms with E-state index in [4.69, 9.17) is 0 Å². The van der Waals surface area contributed by atoms with Crippen molar-refractivity contribution >= 4 is 5.78 Å². The second-order valence-corrected chi connectivity index (χ2v) is 5.94. The fraction of sp³-hybridized carbons (Fsp3) is 0.933. The third-order valence-electron chi connectivity index (χ3n) is 4.10. The van der Waals surface area contributed by atoms with E-state index in [1.54, 1.807) is 0 Å². The summed E-state index contributed by atoms with van der Waals surface area (Å²) in [6.07, 6.45) is 6.72. The molecule has 0 bridgehead atoms. The Labute approximate surface area is 112 Å². The summed E-state index contributed by atoms with van der Waals surface area (Å²) in [5, 5.41) is 6.80. The van der Waals surface area contributed by atoms with Gasteiger partial charge in [-0.25, -0.2) is 0 Å². The maximum atomic E-state index is 12.0. The Hall–Kier alpha value is -0.410. The van der Waals surface area contributed by atoms with Gasteiger partial charge in [0.1, 0.15) is 5.78 Å². The summed E-state index contributed by atoms with van der Waals surface area (Å²) in [6, 6.07) is 1.16. The maximum absolute atomic E-state index is 12.0. The van der Waals surface area contributed by atoms with Gasteiger partial charge in [-0.15, -0.1) is 0 Å². The standard InChI is InChI=1S/C15H30N2O/c1-5-15(18)14(17-11(2)3)10-12-6-8-13(16-4)9-7-12/h11-14,16-17H,5-10H2,1-4H3. The molecule has 1 aliphatic rings. The van der Waals surface area contributed by atoms with Crippen LogP contribution in [0.2, 0.25) is 0 Å². The van der Waals surface area contributed by atoms with Crippen LogP contribution in [0.15, 0.2) is 0 Å². The van der Waals surface area contributed by atoms with Crippen molar-refractivity contribution < 1.29 is 4.79 Å². The van der Waals surface area contributed by atoms with Crippen LogP contribution in [-0.4, -0.2) is 31.0 Å². The zero-order valence-corrected chi connectivity index (χ0v) is 12.5. The van der Waals surface area contributed by atoms with Gasteiger partial charge in [0.05, 0.1) is 6.04 Å². The van der Waals surface area contributed by atoms with Gasteiger partial charge in [-0.05, 0) is 45.1 Å². The molecule has 3 heteroatoms. The fourth-order valence-corrected chi connectivity index (χ4v) is 2.96. The van der Waals surface area contributed by atoms with E-state index in [9.17, 15) is 4.79 Å². The Balaban J connectivity index is 2.43. The Morgan fingerprint density at radius 2 is 1.83 bits per heavy atom. The van der Waals surface area contributed by atoms with Crippen molar-refractivity contribution in [2.45, 2.75) is 77.4 Å². The third-order valence-corrected chi connectivity index (χ3v) is 4.10. The zero-order chi connectivity index (χ0) is 13.5. The van der Waals surface area contributed by atoms with E-state index in [0.717, 1.165) is 12.3 Å². The molecule has 18 heavy (non-hydrogen) atoms. The number of rotatable bonds is 7. The molecule has 0 aromatic heterocycles. The summed E-state index contributed by atoms with van der Waals surface area (Å²) in [6.45, 7) is 6.21. The topological polar surface area (TPSA) is 41.1 Å². The predicted molar refractivity (Wildman–Crippen MR) is 76.8 cm³/mol. The summed E-state index contributed by atoms with van der Waals surface area (Å²) in [5.74, 6) is 1.10. The van der Waals surface area contributed by atoms with Gasteiger partial charge in [-0.3, -0.25) is 4.79 Å². The predicted octanol–water partition coefficient (Wildman–Crippen LogP) is 2.50. The molecular weight excluding hydrogens is 224 g/mol. The Kier molecular flexibility index (Phi) is 6.87. The highest BCUT2D eigenvalue weighted by Crippen LogP contribution is 2.28. The van der Waals surface area contributed by atoms with Crippen LogP contribution in [0.5, 0.6) is 0 Å². The minimum atomic E-state index is 0.0751. The van der Waals surface area contributed by atoms with E-state index in [1.807, 2.05) is 6.92 Å². The molecule has 1 saturated carbocycles. The fourth-order valence-electron chi connectivity index (χ4n) is 2.96. The quantitative estimate of drug-likeness (QED) is 0.733. The van der Waals surface area contributed by atoms with Crippen molar-refractivity contribution in [2.24, 2.45) is 5.92 Å². The Morgan fingerprint density at radius 1 is 1.22 bits per heavy atom. The van der Waals surface area contributed by atoms with Crippen molar-refractivity contribution in [1.82, 2.24) is 10.6 Å². The summed E-state index contributed by atoms with van der Waals surface area (Å²) >= 11 is 0.